The summed E-state index contributed by atoms with van der Waals surface area (Å²) < 4.78 is 5.00. The average molecular weight is 367 g/mol. The summed E-state index contributed by atoms with van der Waals surface area (Å²) in [6, 6.07) is 10.3. The molecule has 1 aliphatic rings. The molecule has 0 bridgehead atoms. The monoisotopic (exact) mass is 366 g/mol. The Kier molecular flexibility index (Phi) is 8.62. The fourth-order valence-electron chi connectivity index (χ4n) is 2.71. The SMILES string of the molecule is CCOC(=O)N1CC[NH+](CC(=O)NCCSCc2ccccc2)CC1. The molecule has 2 rings (SSSR count). The van der Waals surface area contributed by atoms with Gasteiger partial charge in [-0.1, -0.05) is 30.3 Å². The molecule has 1 aromatic carbocycles. The molecule has 1 heterocycles. The summed E-state index contributed by atoms with van der Waals surface area (Å²) in [6.07, 6.45) is -0.249. The van der Waals surface area contributed by atoms with Gasteiger partial charge in [-0.05, 0) is 12.5 Å². The molecule has 7 heteroatoms. The lowest BCUT2D eigenvalue weighted by Gasteiger charge is -2.31. The van der Waals surface area contributed by atoms with Gasteiger partial charge in [-0.3, -0.25) is 9.69 Å². The second-order valence-electron chi connectivity index (χ2n) is 6.00. The summed E-state index contributed by atoms with van der Waals surface area (Å²) in [7, 11) is 0. The van der Waals surface area contributed by atoms with Gasteiger partial charge in [0.15, 0.2) is 6.54 Å². The number of piperazine rings is 1. The third-order valence-electron chi connectivity index (χ3n) is 4.09. The Balaban J connectivity index is 1.53. The maximum atomic E-state index is 12.0. The number of benzene rings is 1. The molecule has 2 amide bonds. The second-order valence-corrected chi connectivity index (χ2v) is 7.11. The van der Waals surface area contributed by atoms with Crippen LogP contribution in [0.4, 0.5) is 4.79 Å². The zero-order chi connectivity index (χ0) is 17.9. The number of hydrogen-bond acceptors (Lipinski definition) is 4. The summed E-state index contributed by atoms with van der Waals surface area (Å²) in [4.78, 5) is 26.6. The van der Waals surface area contributed by atoms with Crippen molar-refractivity contribution in [3.05, 3.63) is 35.9 Å². The van der Waals surface area contributed by atoms with Crippen molar-refractivity contribution in [2.75, 3.05) is 51.6 Å². The highest BCUT2D eigenvalue weighted by molar-refractivity contribution is 7.98. The number of carbonyl (C=O) groups excluding carboxylic acids is 2. The van der Waals surface area contributed by atoms with Crippen LogP contribution in [0, 0.1) is 0 Å². The molecule has 0 atom stereocenters. The van der Waals surface area contributed by atoms with Crippen LogP contribution in [0.15, 0.2) is 30.3 Å². The van der Waals surface area contributed by atoms with Crippen LogP contribution in [0.5, 0.6) is 0 Å². The lowest BCUT2D eigenvalue weighted by Crippen LogP contribution is -3.15. The molecule has 1 saturated heterocycles. The van der Waals surface area contributed by atoms with Crippen molar-refractivity contribution < 1.29 is 19.2 Å². The van der Waals surface area contributed by atoms with Crippen LogP contribution in [0.2, 0.25) is 0 Å². The molecule has 0 saturated carbocycles. The third kappa shape index (κ3) is 7.36. The van der Waals surface area contributed by atoms with Crippen LogP contribution in [0.3, 0.4) is 0 Å². The van der Waals surface area contributed by atoms with Gasteiger partial charge < -0.3 is 15.0 Å². The Bertz CT molecular complexity index is 534. The molecule has 1 aliphatic heterocycles. The van der Waals surface area contributed by atoms with E-state index < -0.39 is 0 Å². The average Bonchev–Trinajstić information content (AvgIpc) is 2.63. The zero-order valence-electron chi connectivity index (χ0n) is 14.8. The van der Waals surface area contributed by atoms with Crippen molar-refractivity contribution in [1.29, 1.82) is 0 Å². The number of thioether (sulfide) groups is 1. The predicted molar refractivity (Wildman–Crippen MR) is 99.8 cm³/mol. The van der Waals surface area contributed by atoms with E-state index in [9.17, 15) is 9.59 Å². The normalized spacial score (nSPS) is 15.0. The highest BCUT2D eigenvalue weighted by atomic mass is 32.2. The van der Waals surface area contributed by atoms with Crippen molar-refractivity contribution in [3.8, 4) is 0 Å². The minimum Gasteiger partial charge on any atom is -0.450 e. The highest BCUT2D eigenvalue weighted by Gasteiger charge is 2.25. The summed E-state index contributed by atoms with van der Waals surface area (Å²) in [6.45, 7) is 6.24. The third-order valence-corrected chi connectivity index (χ3v) is 5.12. The van der Waals surface area contributed by atoms with Crippen molar-refractivity contribution in [1.82, 2.24) is 10.2 Å². The van der Waals surface area contributed by atoms with E-state index in [1.807, 2.05) is 36.9 Å². The Hall–Kier alpha value is -1.73. The first-order chi connectivity index (χ1) is 12.2. The summed E-state index contributed by atoms with van der Waals surface area (Å²) in [5.74, 6) is 1.96. The first-order valence-corrected chi connectivity index (χ1v) is 9.98. The minimum absolute atomic E-state index is 0.0832. The number of amides is 2. The largest absolute Gasteiger partial charge is 0.450 e. The van der Waals surface area contributed by atoms with E-state index in [1.165, 1.54) is 10.5 Å². The van der Waals surface area contributed by atoms with Crippen LogP contribution in [0.1, 0.15) is 12.5 Å². The lowest BCUT2D eigenvalue weighted by atomic mass is 10.2. The second kappa shape index (κ2) is 11.0. The number of ether oxygens (including phenoxy) is 1. The van der Waals surface area contributed by atoms with Crippen molar-refractivity contribution in [3.63, 3.8) is 0 Å². The molecule has 0 radical (unpaired) electrons. The number of nitrogens with zero attached hydrogens (tertiary/aromatic N) is 1. The molecule has 1 fully saturated rings. The van der Waals surface area contributed by atoms with Crippen LogP contribution >= 0.6 is 11.8 Å². The van der Waals surface area contributed by atoms with Crippen molar-refractivity contribution in [2.45, 2.75) is 12.7 Å². The maximum Gasteiger partial charge on any atom is 0.410 e. The standard InChI is InChI=1S/C18H27N3O3S/c1-2-24-18(23)21-11-9-20(10-12-21)14-17(22)19-8-13-25-15-16-6-4-3-5-7-16/h3-7H,2,8-15H2,1H3,(H,19,22)/p+1. The van der Waals surface area contributed by atoms with Gasteiger partial charge in [-0.15, -0.1) is 0 Å². The Morgan fingerprint density at radius 2 is 1.96 bits per heavy atom. The van der Waals surface area contributed by atoms with Gasteiger partial charge in [0.25, 0.3) is 5.91 Å². The van der Waals surface area contributed by atoms with E-state index in [0.717, 1.165) is 24.6 Å². The Labute approximate surface area is 153 Å². The molecule has 0 aromatic heterocycles. The van der Waals surface area contributed by atoms with Gasteiger partial charge in [0.2, 0.25) is 0 Å². The van der Waals surface area contributed by atoms with Gasteiger partial charge >= 0.3 is 6.09 Å². The van der Waals surface area contributed by atoms with Gasteiger partial charge in [0, 0.05) is 18.1 Å². The van der Waals surface area contributed by atoms with Crippen LogP contribution in [-0.4, -0.2) is 68.5 Å². The van der Waals surface area contributed by atoms with E-state index >= 15 is 0 Å². The fraction of sp³-hybridized carbons (Fsp3) is 0.556. The minimum atomic E-state index is -0.249. The Morgan fingerprint density at radius 3 is 2.64 bits per heavy atom. The Morgan fingerprint density at radius 1 is 1.24 bits per heavy atom. The summed E-state index contributed by atoms with van der Waals surface area (Å²) in [5, 5.41) is 2.98. The van der Waals surface area contributed by atoms with Gasteiger partial charge in [-0.25, -0.2) is 4.79 Å². The van der Waals surface area contributed by atoms with E-state index in [1.54, 1.807) is 4.90 Å². The quantitative estimate of drug-likeness (QED) is 0.654. The van der Waals surface area contributed by atoms with Crippen LogP contribution < -0.4 is 10.2 Å². The molecule has 138 valence electrons. The zero-order valence-corrected chi connectivity index (χ0v) is 15.6. The molecule has 1 aromatic rings. The lowest BCUT2D eigenvalue weighted by molar-refractivity contribution is -0.896. The van der Waals surface area contributed by atoms with Crippen LogP contribution in [-0.2, 0) is 15.3 Å². The molecule has 0 unspecified atom stereocenters. The molecule has 2 N–H and O–H groups in total. The van der Waals surface area contributed by atoms with E-state index in [0.29, 0.717) is 32.8 Å². The number of nitrogens with one attached hydrogen (secondary N) is 2. The van der Waals surface area contributed by atoms with Crippen molar-refractivity contribution >= 4 is 23.8 Å². The van der Waals surface area contributed by atoms with Gasteiger partial charge in [0.1, 0.15) is 0 Å². The smallest absolute Gasteiger partial charge is 0.410 e. The molecular weight excluding hydrogens is 338 g/mol. The fourth-order valence-corrected chi connectivity index (χ4v) is 3.53. The topological polar surface area (TPSA) is 63.1 Å². The van der Waals surface area contributed by atoms with E-state index in [-0.39, 0.29) is 12.0 Å². The molecule has 0 spiro atoms. The first kappa shape index (κ1) is 19.6. The first-order valence-electron chi connectivity index (χ1n) is 8.82. The van der Waals surface area contributed by atoms with Crippen LogP contribution in [0.25, 0.3) is 0 Å². The maximum absolute atomic E-state index is 12.0. The molecule has 6 nitrogen and oxygen atoms in total. The molecular formula is C18H28N3O3S+. The number of hydrogen-bond donors (Lipinski definition) is 2. The number of rotatable bonds is 8. The van der Waals surface area contributed by atoms with Gasteiger partial charge in [-0.2, -0.15) is 11.8 Å². The molecule has 0 aliphatic carbocycles. The summed E-state index contributed by atoms with van der Waals surface area (Å²) in [5.41, 5.74) is 1.31. The molecule has 25 heavy (non-hydrogen) atoms. The van der Waals surface area contributed by atoms with Crippen molar-refractivity contribution in [2.24, 2.45) is 0 Å². The number of carbonyl (C=O) groups is 2. The highest BCUT2D eigenvalue weighted by Crippen LogP contribution is 2.10. The summed E-state index contributed by atoms with van der Waals surface area (Å²) >= 11 is 1.82. The number of quaternary nitrogens is 1. The van der Waals surface area contributed by atoms with Gasteiger partial charge in [0.05, 0.1) is 32.8 Å². The van der Waals surface area contributed by atoms with E-state index in [4.69, 9.17) is 4.74 Å². The predicted octanol–water partition coefficient (Wildman–Crippen LogP) is 0.393. The van der Waals surface area contributed by atoms with E-state index in [2.05, 4.69) is 17.4 Å².